The first-order valence-electron chi connectivity index (χ1n) is 10.1. The number of amides is 2. The van der Waals surface area contributed by atoms with Crippen LogP contribution in [0.25, 0.3) is 11.1 Å². The molecule has 0 aliphatic carbocycles. The molecule has 13 nitrogen and oxygen atoms in total. The number of thioether (sulfide) groups is 1. The lowest BCUT2D eigenvalue weighted by Gasteiger charge is -2.50. The minimum Gasteiger partial charge on any atom is -0.543 e. The minimum absolute atomic E-state index is 0.0477. The lowest BCUT2D eigenvalue weighted by Crippen LogP contribution is -2.71. The van der Waals surface area contributed by atoms with Gasteiger partial charge < -0.3 is 30.2 Å². The van der Waals surface area contributed by atoms with Crippen molar-refractivity contribution >= 4 is 63.0 Å². The monoisotopic (exact) mass is 515 g/mol. The van der Waals surface area contributed by atoms with Gasteiger partial charge in [-0.15, -0.1) is 11.8 Å². The van der Waals surface area contributed by atoms with Gasteiger partial charge in [0.25, 0.3) is 11.8 Å². The zero-order chi connectivity index (χ0) is 24.7. The van der Waals surface area contributed by atoms with Crippen LogP contribution in [0.4, 0.5) is 5.13 Å². The quantitative estimate of drug-likeness (QED) is 0.165. The highest BCUT2D eigenvalue weighted by Gasteiger charge is 2.53. The Balaban J connectivity index is 1.38. The summed E-state index contributed by atoms with van der Waals surface area (Å²) in [6, 6.07) is 4.51. The van der Waals surface area contributed by atoms with E-state index in [2.05, 4.69) is 19.8 Å². The van der Waals surface area contributed by atoms with Crippen LogP contribution in [0.1, 0.15) is 5.82 Å². The van der Waals surface area contributed by atoms with Crippen molar-refractivity contribution in [2.75, 3.05) is 18.6 Å². The third-order valence-corrected chi connectivity index (χ3v) is 7.30. The number of nitrogens with one attached hydrogen (secondary N) is 1. The molecule has 3 N–H and O–H groups in total. The van der Waals surface area contributed by atoms with Crippen LogP contribution in [0, 0.1) is 0 Å². The standard InChI is InChI=1S/C20H17N7O6S2/c1-32-24-11(14-23-20(21)35-25-14)15(28)22-12-16(29)27-13(19(30)31)10(8-34-18(12)27)7-26-5-2-3-9-4-6-33-17(9)26/h2-6,12,18H,7-8H2,1H3,(H3-,21,22,23,25,28,30,31)/b24-11-/t12?,18-/m1/s1. The Morgan fingerprint density at radius 2 is 2.29 bits per heavy atom. The van der Waals surface area contributed by atoms with Crippen LogP contribution in [-0.4, -0.2) is 62.0 Å². The second-order valence-electron chi connectivity index (χ2n) is 7.50. The van der Waals surface area contributed by atoms with Crippen molar-refractivity contribution in [3.8, 4) is 0 Å². The number of hydrogen-bond acceptors (Lipinski definition) is 12. The maximum absolute atomic E-state index is 13.0. The van der Waals surface area contributed by atoms with E-state index in [0.717, 1.165) is 21.8 Å². The molecule has 0 saturated carbocycles. The fraction of sp³-hybridized carbons (Fsp3) is 0.250. The van der Waals surface area contributed by atoms with E-state index in [1.807, 2.05) is 12.1 Å². The number of nitrogen functional groups attached to an aromatic ring is 1. The molecule has 2 amide bonds. The number of anilines is 1. The summed E-state index contributed by atoms with van der Waals surface area (Å²) in [4.78, 5) is 47.6. The summed E-state index contributed by atoms with van der Waals surface area (Å²) in [5.41, 5.74) is 6.17. The second kappa shape index (κ2) is 8.99. The van der Waals surface area contributed by atoms with E-state index in [1.165, 1.54) is 18.9 Å². The van der Waals surface area contributed by atoms with Gasteiger partial charge >= 0.3 is 5.71 Å². The van der Waals surface area contributed by atoms with Gasteiger partial charge in [0.15, 0.2) is 17.9 Å². The first-order chi connectivity index (χ1) is 16.9. The molecule has 0 radical (unpaired) electrons. The Morgan fingerprint density at radius 3 is 3.00 bits per heavy atom. The number of carbonyl (C=O) groups is 3. The average Bonchev–Trinajstić information content (AvgIpc) is 3.49. The fourth-order valence-electron chi connectivity index (χ4n) is 3.93. The molecule has 1 saturated heterocycles. The molecule has 180 valence electrons. The van der Waals surface area contributed by atoms with Gasteiger partial charge in [-0.2, -0.15) is 13.9 Å². The maximum Gasteiger partial charge on any atom is 0.380 e. The Hall–Kier alpha value is -3.98. The predicted molar refractivity (Wildman–Crippen MR) is 121 cm³/mol. The number of rotatable bonds is 7. The van der Waals surface area contributed by atoms with Crippen LogP contribution in [0.15, 0.2) is 51.5 Å². The Labute approximate surface area is 205 Å². The Bertz CT molecular complexity index is 1410. The van der Waals surface area contributed by atoms with Crippen LogP contribution < -0.4 is 20.7 Å². The number of furan rings is 1. The second-order valence-corrected chi connectivity index (χ2v) is 9.38. The number of carboxylic acids is 1. The van der Waals surface area contributed by atoms with Crippen LogP contribution in [0.3, 0.4) is 0 Å². The lowest BCUT2D eigenvalue weighted by molar-refractivity contribution is -0.669. The van der Waals surface area contributed by atoms with Gasteiger partial charge in [0.05, 0.1) is 23.3 Å². The van der Waals surface area contributed by atoms with Crippen molar-refractivity contribution in [2.45, 2.75) is 18.0 Å². The summed E-state index contributed by atoms with van der Waals surface area (Å²) in [7, 11) is 1.25. The maximum atomic E-state index is 13.0. The van der Waals surface area contributed by atoms with Crippen molar-refractivity contribution in [1.82, 2.24) is 19.6 Å². The van der Waals surface area contributed by atoms with Crippen molar-refractivity contribution < 1.29 is 33.3 Å². The molecule has 35 heavy (non-hydrogen) atoms. The highest BCUT2D eigenvalue weighted by atomic mass is 32.2. The molecule has 0 aromatic carbocycles. The number of aliphatic carboxylic acids is 1. The number of aromatic nitrogens is 3. The molecule has 1 unspecified atom stereocenters. The molecule has 0 spiro atoms. The van der Waals surface area contributed by atoms with E-state index in [4.69, 9.17) is 15.0 Å². The number of carbonyl (C=O) groups excluding carboxylic acids is 3. The van der Waals surface area contributed by atoms with E-state index in [0.29, 0.717) is 17.0 Å². The molecule has 0 bridgehead atoms. The zero-order valence-electron chi connectivity index (χ0n) is 18.0. The molecule has 2 atom stereocenters. The molecule has 2 aliphatic rings. The van der Waals surface area contributed by atoms with E-state index >= 15 is 0 Å². The highest BCUT2D eigenvalue weighted by molar-refractivity contribution is 8.00. The SMILES string of the molecule is CO/N=C(\C(=O)NC1C(=O)N2C(C(=O)[O-])=C(C[n+]3cccc4ccoc43)CS[C@H]12)c1nsc(N)n1. The summed E-state index contributed by atoms with van der Waals surface area (Å²) in [6.45, 7) is 0.191. The number of oxime groups is 1. The summed E-state index contributed by atoms with van der Waals surface area (Å²) in [6.07, 6.45) is 3.31. The van der Waals surface area contributed by atoms with Crippen LogP contribution in [-0.2, 0) is 25.8 Å². The molecule has 5 rings (SSSR count). The summed E-state index contributed by atoms with van der Waals surface area (Å²) in [5, 5.41) is 18.6. The third-order valence-electron chi connectivity index (χ3n) is 5.42. The molecule has 5 heterocycles. The first kappa shape index (κ1) is 22.8. The van der Waals surface area contributed by atoms with Crippen molar-refractivity contribution in [1.29, 1.82) is 0 Å². The average molecular weight is 516 g/mol. The fourth-order valence-corrected chi connectivity index (χ4v) is 5.70. The number of hydrogen-bond donors (Lipinski definition) is 2. The van der Waals surface area contributed by atoms with E-state index < -0.39 is 29.2 Å². The number of nitrogens with zero attached hydrogens (tertiary/aromatic N) is 5. The highest BCUT2D eigenvalue weighted by Crippen LogP contribution is 2.40. The largest absolute Gasteiger partial charge is 0.543 e. The smallest absolute Gasteiger partial charge is 0.380 e. The van der Waals surface area contributed by atoms with Gasteiger partial charge in [-0.25, -0.2) is 0 Å². The Morgan fingerprint density at radius 1 is 1.46 bits per heavy atom. The molecule has 1 fully saturated rings. The molecule has 15 heteroatoms. The molecular weight excluding hydrogens is 498 g/mol. The van der Waals surface area contributed by atoms with Crippen LogP contribution >= 0.6 is 23.3 Å². The first-order valence-corrected chi connectivity index (χ1v) is 12.0. The number of β-lactam (4-membered cyclic amide) rings is 1. The third kappa shape index (κ3) is 3.97. The summed E-state index contributed by atoms with van der Waals surface area (Å²) in [5.74, 6) is -2.56. The number of nitrogens with two attached hydrogens (primary N) is 1. The minimum atomic E-state index is -1.47. The van der Waals surface area contributed by atoms with Gasteiger partial charge in [-0.05, 0) is 12.1 Å². The van der Waals surface area contributed by atoms with Crippen LogP contribution in [0.2, 0.25) is 0 Å². The van der Waals surface area contributed by atoms with Crippen molar-refractivity contribution in [2.24, 2.45) is 5.16 Å². The number of pyridine rings is 1. The van der Waals surface area contributed by atoms with Gasteiger partial charge in [0.2, 0.25) is 11.5 Å². The summed E-state index contributed by atoms with van der Waals surface area (Å²) >= 11 is 2.20. The van der Waals surface area contributed by atoms with Gasteiger partial charge in [0.1, 0.15) is 18.5 Å². The van der Waals surface area contributed by atoms with Gasteiger partial charge in [-0.3, -0.25) is 14.5 Å². The predicted octanol–water partition coefficient (Wildman–Crippen LogP) is -1.39. The lowest BCUT2D eigenvalue weighted by atomic mass is 10.0. The molecule has 2 aliphatic heterocycles. The number of fused-ring (bicyclic) bond motifs is 2. The molecule has 3 aromatic heterocycles. The number of carboxylic acid groups (broad SMARTS) is 1. The summed E-state index contributed by atoms with van der Waals surface area (Å²) < 4.78 is 11.2. The zero-order valence-corrected chi connectivity index (χ0v) is 19.7. The van der Waals surface area contributed by atoms with Gasteiger partial charge in [0, 0.05) is 28.9 Å². The van der Waals surface area contributed by atoms with Crippen molar-refractivity contribution in [3.05, 3.63) is 47.8 Å². The van der Waals surface area contributed by atoms with E-state index in [1.54, 1.807) is 23.1 Å². The van der Waals surface area contributed by atoms with Crippen LogP contribution in [0.5, 0.6) is 0 Å². The topological polar surface area (TPSA) is 180 Å². The van der Waals surface area contributed by atoms with E-state index in [-0.39, 0.29) is 28.9 Å². The normalized spacial score (nSPS) is 20.0. The Kier molecular flexibility index (Phi) is 5.86. The van der Waals surface area contributed by atoms with Crippen molar-refractivity contribution in [3.63, 3.8) is 0 Å². The molecular formula is C20H17N7O6S2. The van der Waals surface area contributed by atoms with Gasteiger partial charge in [-0.1, -0.05) is 5.16 Å². The molecule has 3 aromatic rings. The van der Waals surface area contributed by atoms with E-state index in [9.17, 15) is 19.5 Å².